The summed E-state index contributed by atoms with van der Waals surface area (Å²) in [7, 11) is 1.59. The van der Waals surface area contributed by atoms with Crippen LogP contribution in [0.15, 0.2) is 83.8 Å². The van der Waals surface area contributed by atoms with Crippen molar-refractivity contribution in [3.05, 3.63) is 90.0 Å². The zero-order valence-electron chi connectivity index (χ0n) is 13.9. The highest BCUT2D eigenvalue weighted by Crippen LogP contribution is 2.25. The summed E-state index contributed by atoms with van der Waals surface area (Å²) in [6.07, 6.45) is 0. The summed E-state index contributed by atoms with van der Waals surface area (Å²) in [5.74, 6) is 1.41. The minimum atomic E-state index is -0.149. The normalized spacial score (nSPS) is 10.3. The highest BCUT2D eigenvalue weighted by molar-refractivity contribution is 7.98. The lowest BCUT2D eigenvalue weighted by atomic mass is 10.2. The van der Waals surface area contributed by atoms with Crippen LogP contribution in [0.1, 0.15) is 15.9 Å². The summed E-state index contributed by atoms with van der Waals surface area (Å²) in [6, 6.07) is 25.3. The highest BCUT2D eigenvalue weighted by Gasteiger charge is 2.07. The van der Waals surface area contributed by atoms with Gasteiger partial charge in [0.05, 0.1) is 7.11 Å². The van der Waals surface area contributed by atoms with Crippen molar-refractivity contribution >= 4 is 23.4 Å². The van der Waals surface area contributed by atoms with Crippen LogP contribution in [0.3, 0.4) is 0 Å². The molecule has 0 aromatic heterocycles. The number of anilines is 1. The third kappa shape index (κ3) is 4.88. The lowest BCUT2D eigenvalue weighted by molar-refractivity contribution is 0.102. The summed E-state index contributed by atoms with van der Waals surface area (Å²) in [5.41, 5.74) is 2.63. The molecule has 0 radical (unpaired) electrons. The van der Waals surface area contributed by atoms with Crippen LogP contribution in [-0.2, 0) is 5.75 Å². The molecule has 0 aliphatic carbocycles. The summed E-state index contributed by atoms with van der Waals surface area (Å²) in [6.45, 7) is 0. The van der Waals surface area contributed by atoms with Crippen LogP contribution in [0.5, 0.6) is 5.75 Å². The first kappa shape index (κ1) is 17.1. The van der Waals surface area contributed by atoms with Crippen LogP contribution in [-0.4, -0.2) is 13.0 Å². The number of carbonyl (C=O) groups is 1. The molecule has 1 N–H and O–H groups in total. The number of hydrogen-bond donors (Lipinski definition) is 1. The van der Waals surface area contributed by atoms with Crippen molar-refractivity contribution in [1.82, 2.24) is 0 Å². The lowest BCUT2D eigenvalue weighted by Crippen LogP contribution is -2.11. The molecule has 0 saturated heterocycles. The average Bonchev–Trinajstić information content (AvgIpc) is 2.67. The highest BCUT2D eigenvalue weighted by atomic mass is 32.2. The monoisotopic (exact) mass is 349 g/mol. The quantitative estimate of drug-likeness (QED) is 0.619. The first-order valence-electron chi connectivity index (χ1n) is 7.97. The molecule has 0 bridgehead atoms. The maximum absolute atomic E-state index is 12.4. The first-order chi connectivity index (χ1) is 12.2. The van der Waals surface area contributed by atoms with E-state index in [1.807, 2.05) is 42.5 Å². The van der Waals surface area contributed by atoms with Gasteiger partial charge in [-0.15, -0.1) is 11.8 Å². The van der Waals surface area contributed by atoms with Crippen LogP contribution >= 0.6 is 11.8 Å². The molecule has 0 heterocycles. The Hall–Kier alpha value is -2.72. The smallest absolute Gasteiger partial charge is 0.255 e. The number of nitrogens with one attached hydrogen (secondary N) is 1. The Morgan fingerprint density at radius 3 is 2.56 bits per heavy atom. The van der Waals surface area contributed by atoms with E-state index in [9.17, 15) is 4.79 Å². The van der Waals surface area contributed by atoms with Crippen molar-refractivity contribution < 1.29 is 9.53 Å². The van der Waals surface area contributed by atoms with Gasteiger partial charge >= 0.3 is 0 Å². The topological polar surface area (TPSA) is 38.3 Å². The van der Waals surface area contributed by atoms with Crippen molar-refractivity contribution in [2.75, 3.05) is 12.4 Å². The number of hydrogen-bond acceptors (Lipinski definition) is 3. The number of rotatable bonds is 6. The first-order valence-corrected chi connectivity index (χ1v) is 8.95. The molecule has 0 atom stereocenters. The molecule has 4 heteroatoms. The minimum absolute atomic E-state index is 0.149. The standard InChI is InChI=1S/C21H19NO2S/c1-24-19-11-5-9-17(13-19)21(23)22-18-10-6-12-20(14-18)25-15-16-7-3-2-4-8-16/h2-14H,15H2,1H3,(H,22,23). The van der Waals surface area contributed by atoms with E-state index < -0.39 is 0 Å². The molecule has 0 aliphatic heterocycles. The molecule has 25 heavy (non-hydrogen) atoms. The number of thioether (sulfide) groups is 1. The summed E-state index contributed by atoms with van der Waals surface area (Å²) < 4.78 is 5.16. The summed E-state index contributed by atoms with van der Waals surface area (Å²) in [4.78, 5) is 13.5. The Bertz CT molecular complexity index is 849. The Morgan fingerprint density at radius 1 is 0.960 bits per heavy atom. The van der Waals surface area contributed by atoms with Gasteiger partial charge < -0.3 is 10.1 Å². The van der Waals surface area contributed by atoms with Crippen molar-refractivity contribution in [3.63, 3.8) is 0 Å². The second-order valence-corrected chi connectivity index (χ2v) is 6.54. The van der Waals surface area contributed by atoms with Crippen LogP contribution in [0.4, 0.5) is 5.69 Å². The van der Waals surface area contributed by atoms with Crippen LogP contribution in [0.2, 0.25) is 0 Å². The summed E-state index contributed by atoms with van der Waals surface area (Å²) in [5, 5.41) is 2.94. The number of ether oxygens (including phenoxy) is 1. The van der Waals surface area contributed by atoms with Crippen LogP contribution in [0.25, 0.3) is 0 Å². The molecule has 3 nitrogen and oxygen atoms in total. The van der Waals surface area contributed by atoms with Gasteiger partial charge in [0.1, 0.15) is 5.75 Å². The Balaban J connectivity index is 1.65. The zero-order valence-corrected chi connectivity index (χ0v) is 14.8. The van der Waals surface area contributed by atoms with Gasteiger partial charge in [-0.3, -0.25) is 4.79 Å². The van der Waals surface area contributed by atoms with E-state index in [2.05, 4.69) is 23.5 Å². The molecular weight excluding hydrogens is 330 g/mol. The molecule has 3 aromatic rings. The van der Waals surface area contributed by atoms with E-state index >= 15 is 0 Å². The molecule has 0 aliphatic rings. The Labute approximate surface area is 152 Å². The Morgan fingerprint density at radius 2 is 1.76 bits per heavy atom. The molecular formula is C21H19NO2S. The molecule has 0 unspecified atom stereocenters. The van der Waals surface area contributed by atoms with Crippen LogP contribution < -0.4 is 10.1 Å². The minimum Gasteiger partial charge on any atom is -0.497 e. The number of methoxy groups -OCH3 is 1. The van der Waals surface area contributed by atoms with Gasteiger partial charge in [-0.2, -0.15) is 0 Å². The van der Waals surface area contributed by atoms with E-state index in [-0.39, 0.29) is 5.91 Å². The molecule has 3 aromatic carbocycles. The van der Waals surface area contributed by atoms with Gasteiger partial charge in [-0.05, 0) is 42.0 Å². The molecule has 126 valence electrons. The van der Waals surface area contributed by atoms with E-state index in [0.29, 0.717) is 11.3 Å². The second-order valence-electron chi connectivity index (χ2n) is 5.49. The van der Waals surface area contributed by atoms with Gasteiger partial charge in [0, 0.05) is 21.9 Å². The second kappa shape index (κ2) is 8.40. The van der Waals surface area contributed by atoms with Crippen molar-refractivity contribution in [2.45, 2.75) is 10.6 Å². The van der Waals surface area contributed by atoms with Crippen LogP contribution in [0, 0.1) is 0 Å². The van der Waals surface area contributed by atoms with Gasteiger partial charge in [0.25, 0.3) is 5.91 Å². The number of carbonyl (C=O) groups excluding carboxylic acids is 1. The third-order valence-electron chi connectivity index (χ3n) is 3.67. The van der Waals surface area contributed by atoms with E-state index in [4.69, 9.17) is 4.74 Å². The van der Waals surface area contributed by atoms with E-state index in [1.165, 1.54) is 5.56 Å². The molecule has 1 amide bonds. The van der Waals surface area contributed by atoms with Crippen molar-refractivity contribution in [3.8, 4) is 5.75 Å². The molecule has 0 saturated carbocycles. The van der Waals surface area contributed by atoms with Gasteiger partial charge in [0.15, 0.2) is 0 Å². The van der Waals surface area contributed by atoms with Gasteiger partial charge in [-0.1, -0.05) is 42.5 Å². The predicted molar refractivity (Wildman–Crippen MR) is 103 cm³/mol. The summed E-state index contributed by atoms with van der Waals surface area (Å²) >= 11 is 1.75. The maximum Gasteiger partial charge on any atom is 0.255 e. The zero-order chi connectivity index (χ0) is 17.5. The van der Waals surface area contributed by atoms with Crippen molar-refractivity contribution in [2.24, 2.45) is 0 Å². The SMILES string of the molecule is COc1cccc(C(=O)Nc2cccc(SCc3ccccc3)c2)c1. The fraction of sp³-hybridized carbons (Fsp3) is 0.0952. The van der Waals surface area contributed by atoms with E-state index in [0.717, 1.165) is 16.3 Å². The molecule has 3 rings (SSSR count). The predicted octanol–water partition coefficient (Wildman–Crippen LogP) is 5.24. The number of amides is 1. The maximum atomic E-state index is 12.4. The number of benzene rings is 3. The molecule has 0 fully saturated rings. The third-order valence-corrected chi connectivity index (χ3v) is 4.74. The lowest BCUT2D eigenvalue weighted by Gasteiger charge is -2.08. The van der Waals surface area contributed by atoms with Crippen molar-refractivity contribution in [1.29, 1.82) is 0 Å². The Kier molecular flexibility index (Phi) is 5.75. The average molecular weight is 349 g/mol. The molecule has 0 spiro atoms. The fourth-order valence-electron chi connectivity index (χ4n) is 2.37. The fourth-order valence-corrected chi connectivity index (χ4v) is 3.28. The largest absolute Gasteiger partial charge is 0.497 e. The van der Waals surface area contributed by atoms with Gasteiger partial charge in [-0.25, -0.2) is 0 Å². The van der Waals surface area contributed by atoms with E-state index in [1.54, 1.807) is 37.1 Å². The van der Waals surface area contributed by atoms with Gasteiger partial charge in [0.2, 0.25) is 0 Å².